The first kappa shape index (κ1) is 19.7. The highest BCUT2D eigenvalue weighted by Gasteiger charge is 2.03. The van der Waals surface area contributed by atoms with Crippen LogP contribution >= 0.6 is 0 Å². The molecule has 1 amide bonds. The number of aryl methyl sites for hydroxylation is 1. The van der Waals surface area contributed by atoms with E-state index in [-0.39, 0.29) is 0 Å². The largest absolute Gasteiger partial charge is 0.355 e. The molecule has 0 unspecified atom stereocenters. The van der Waals surface area contributed by atoms with Crippen molar-refractivity contribution < 1.29 is 14.4 Å². The van der Waals surface area contributed by atoms with Gasteiger partial charge >= 0.3 is 5.97 Å². The van der Waals surface area contributed by atoms with E-state index in [0.29, 0.717) is 16.9 Å². The summed E-state index contributed by atoms with van der Waals surface area (Å²) in [5.74, 6) is -0.937. The van der Waals surface area contributed by atoms with Crippen LogP contribution in [0.1, 0.15) is 21.5 Å². The van der Waals surface area contributed by atoms with E-state index < -0.39 is 11.9 Å². The van der Waals surface area contributed by atoms with Gasteiger partial charge in [0.15, 0.2) is 0 Å². The van der Waals surface area contributed by atoms with Crippen molar-refractivity contribution in [3.8, 4) is 0 Å². The Labute approximate surface area is 168 Å². The predicted molar refractivity (Wildman–Crippen MR) is 112 cm³/mol. The SMILES string of the molecule is Cc1ccc(C(=O)N=Nc2ccc(NOC(=O)/C=C/c3ccccc3)cc2)cc1. The summed E-state index contributed by atoms with van der Waals surface area (Å²) in [7, 11) is 0. The maximum absolute atomic E-state index is 12.0. The summed E-state index contributed by atoms with van der Waals surface area (Å²) in [6.07, 6.45) is 3.00. The number of benzene rings is 3. The lowest BCUT2D eigenvalue weighted by molar-refractivity contribution is -0.134. The minimum absolute atomic E-state index is 0.411. The third-order valence-corrected chi connectivity index (χ3v) is 3.90. The van der Waals surface area contributed by atoms with Crippen LogP contribution < -0.4 is 5.48 Å². The number of carbonyl (C=O) groups is 2. The number of azo groups is 1. The molecule has 0 aromatic heterocycles. The van der Waals surface area contributed by atoms with E-state index in [2.05, 4.69) is 15.7 Å². The lowest BCUT2D eigenvalue weighted by atomic mass is 10.1. The Morgan fingerprint density at radius 3 is 2.28 bits per heavy atom. The number of hydrogen-bond donors (Lipinski definition) is 1. The fraction of sp³-hybridized carbons (Fsp3) is 0.0435. The summed E-state index contributed by atoms with van der Waals surface area (Å²) >= 11 is 0. The monoisotopic (exact) mass is 385 g/mol. The first-order valence-corrected chi connectivity index (χ1v) is 8.93. The van der Waals surface area contributed by atoms with Crippen LogP contribution in [0.5, 0.6) is 0 Å². The Kier molecular flexibility index (Phi) is 6.62. The van der Waals surface area contributed by atoms with Gasteiger partial charge in [-0.05, 0) is 55.0 Å². The second-order valence-corrected chi connectivity index (χ2v) is 6.19. The molecule has 0 saturated carbocycles. The van der Waals surface area contributed by atoms with Crippen molar-refractivity contribution in [2.24, 2.45) is 10.2 Å². The summed E-state index contributed by atoms with van der Waals surface area (Å²) in [5.41, 5.74) is 6.08. The molecule has 0 aliphatic carbocycles. The molecule has 0 aliphatic rings. The topological polar surface area (TPSA) is 80.1 Å². The van der Waals surface area contributed by atoms with Gasteiger partial charge in [0.25, 0.3) is 5.91 Å². The second-order valence-electron chi connectivity index (χ2n) is 6.19. The molecule has 0 aliphatic heterocycles. The Morgan fingerprint density at radius 2 is 1.59 bits per heavy atom. The predicted octanol–water partition coefficient (Wildman–Crippen LogP) is 5.50. The van der Waals surface area contributed by atoms with Crippen molar-refractivity contribution in [3.05, 3.63) is 102 Å². The van der Waals surface area contributed by atoms with E-state index in [0.717, 1.165) is 11.1 Å². The van der Waals surface area contributed by atoms with Crippen LogP contribution in [0.4, 0.5) is 11.4 Å². The van der Waals surface area contributed by atoms with Gasteiger partial charge in [0.05, 0.1) is 11.4 Å². The molecule has 144 valence electrons. The Bertz CT molecular complexity index is 1030. The van der Waals surface area contributed by atoms with E-state index in [1.54, 1.807) is 42.5 Å². The van der Waals surface area contributed by atoms with Gasteiger partial charge < -0.3 is 4.84 Å². The maximum Gasteiger partial charge on any atom is 0.355 e. The summed E-state index contributed by atoms with van der Waals surface area (Å²) < 4.78 is 0. The van der Waals surface area contributed by atoms with Crippen LogP contribution in [0.15, 0.2) is 95.2 Å². The zero-order valence-corrected chi connectivity index (χ0v) is 15.8. The molecule has 0 saturated heterocycles. The average molecular weight is 385 g/mol. The van der Waals surface area contributed by atoms with E-state index in [4.69, 9.17) is 4.84 Å². The molecule has 6 heteroatoms. The van der Waals surface area contributed by atoms with Crippen molar-refractivity contribution in [3.63, 3.8) is 0 Å². The Balaban J connectivity index is 1.50. The van der Waals surface area contributed by atoms with Gasteiger partial charge in [0.2, 0.25) is 0 Å². The number of amides is 1. The smallest absolute Gasteiger partial charge is 0.339 e. The lowest BCUT2D eigenvalue weighted by Gasteiger charge is -2.04. The number of carbonyl (C=O) groups excluding carboxylic acids is 2. The molecular formula is C23H19N3O3. The zero-order chi connectivity index (χ0) is 20.5. The van der Waals surface area contributed by atoms with E-state index in [1.807, 2.05) is 49.4 Å². The van der Waals surface area contributed by atoms with Crippen LogP contribution in [-0.2, 0) is 9.63 Å². The molecule has 0 spiro atoms. The molecule has 0 heterocycles. The minimum Gasteiger partial charge on any atom is -0.339 e. The third-order valence-electron chi connectivity index (χ3n) is 3.90. The molecule has 0 fully saturated rings. The molecule has 3 aromatic rings. The first-order chi connectivity index (χ1) is 14.1. The molecule has 0 radical (unpaired) electrons. The van der Waals surface area contributed by atoms with Crippen molar-refractivity contribution in [1.29, 1.82) is 0 Å². The first-order valence-electron chi connectivity index (χ1n) is 8.93. The van der Waals surface area contributed by atoms with Gasteiger partial charge in [-0.2, -0.15) is 0 Å². The van der Waals surface area contributed by atoms with Crippen molar-refractivity contribution in [1.82, 2.24) is 0 Å². The molecule has 3 aromatic carbocycles. The molecule has 29 heavy (non-hydrogen) atoms. The molecule has 0 atom stereocenters. The van der Waals surface area contributed by atoms with Crippen LogP contribution in [0.25, 0.3) is 6.08 Å². The standard InChI is InChI=1S/C23H19N3O3/c1-17-7-10-19(11-8-17)23(28)25-24-20-12-14-21(15-13-20)26-29-22(27)16-9-18-5-3-2-4-6-18/h2-16,26H,1H3/b16-9+,25-24?. The fourth-order valence-corrected chi connectivity index (χ4v) is 2.32. The van der Waals surface area contributed by atoms with Gasteiger partial charge in [-0.25, -0.2) is 10.3 Å². The zero-order valence-electron chi connectivity index (χ0n) is 15.8. The number of rotatable bonds is 6. The van der Waals surface area contributed by atoms with Crippen LogP contribution in [0, 0.1) is 6.92 Å². The highest BCUT2D eigenvalue weighted by atomic mass is 16.7. The van der Waals surface area contributed by atoms with E-state index >= 15 is 0 Å². The van der Waals surface area contributed by atoms with Gasteiger partial charge in [-0.15, -0.1) is 10.2 Å². The van der Waals surface area contributed by atoms with Crippen molar-refractivity contribution >= 4 is 29.3 Å². The quantitative estimate of drug-likeness (QED) is 0.345. The van der Waals surface area contributed by atoms with Crippen LogP contribution in [0.3, 0.4) is 0 Å². The fourth-order valence-electron chi connectivity index (χ4n) is 2.32. The highest BCUT2D eigenvalue weighted by Crippen LogP contribution is 2.17. The van der Waals surface area contributed by atoms with E-state index in [1.165, 1.54) is 6.08 Å². The molecule has 6 nitrogen and oxygen atoms in total. The van der Waals surface area contributed by atoms with Gasteiger partial charge in [0, 0.05) is 11.6 Å². The Hall–Kier alpha value is -4.06. The molecule has 1 N–H and O–H groups in total. The molecule has 3 rings (SSSR count). The number of hydrogen-bond acceptors (Lipinski definition) is 5. The second kappa shape index (κ2) is 9.75. The Morgan fingerprint density at radius 1 is 0.897 bits per heavy atom. The summed E-state index contributed by atoms with van der Waals surface area (Å²) in [6.45, 7) is 1.95. The number of anilines is 1. The molecular weight excluding hydrogens is 366 g/mol. The lowest BCUT2D eigenvalue weighted by Crippen LogP contribution is -2.07. The normalized spacial score (nSPS) is 10.9. The van der Waals surface area contributed by atoms with Crippen molar-refractivity contribution in [2.75, 3.05) is 5.48 Å². The maximum atomic E-state index is 12.0. The molecule has 0 bridgehead atoms. The van der Waals surface area contributed by atoms with E-state index in [9.17, 15) is 9.59 Å². The highest BCUT2D eigenvalue weighted by molar-refractivity contribution is 5.94. The average Bonchev–Trinajstić information content (AvgIpc) is 2.76. The minimum atomic E-state index is -0.527. The van der Waals surface area contributed by atoms with Crippen LogP contribution in [-0.4, -0.2) is 11.9 Å². The van der Waals surface area contributed by atoms with Gasteiger partial charge in [-0.1, -0.05) is 48.0 Å². The summed E-state index contributed by atoms with van der Waals surface area (Å²) in [4.78, 5) is 28.7. The summed E-state index contributed by atoms with van der Waals surface area (Å²) in [5, 5.41) is 7.66. The van der Waals surface area contributed by atoms with Crippen LogP contribution in [0.2, 0.25) is 0 Å². The van der Waals surface area contributed by atoms with Crippen molar-refractivity contribution in [2.45, 2.75) is 6.92 Å². The van der Waals surface area contributed by atoms with Gasteiger partial charge in [-0.3, -0.25) is 4.79 Å². The summed E-state index contributed by atoms with van der Waals surface area (Å²) in [6, 6.07) is 23.2. The third kappa shape index (κ3) is 6.25. The number of nitrogens with zero attached hydrogens (tertiary/aromatic N) is 2. The number of nitrogens with one attached hydrogen (secondary N) is 1. The van der Waals surface area contributed by atoms with Gasteiger partial charge in [0.1, 0.15) is 0 Å².